The molecule has 0 radical (unpaired) electrons. The Hall–Kier alpha value is -1.97. The van der Waals surface area contributed by atoms with E-state index in [0.717, 1.165) is 17.3 Å². The fourth-order valence-corrected chi connectivity index (χ4v) is 1.61. The van der Waals surface area contributed by atoms with Crippen LogP contribution in [0.25, 0.3) is 0 Å². The highest BCUT2D eigenvalue weighted by Gasteiger charge is 2.08. The molecule has 0 spiro atoms. The van der Waals surface area contributed by atoms with E-state index in [4.69, 9.17) is 10.2 Å². The van der Waals surface area contributed by atoms with Gasteiger partial charge in [-0.1, -0.05) is 0 Å². The summed E-state index contributed by atoms with van der Waals surface area (Å²) in [6.45, 7) is 2.59. The van der Waals surface area contributed by atoms with Crippen LogP contribution in [0.3, 0.4) is 0 Å². The molecule has 2 aromatic heterocycles. The second-order valence-electron chi connectivity index (χ2n) is 3.78. The minimum atomic E-state index is 0.662. The molecule has 2 aromatic rings. The van der Waals surface area contributed by atoms with Crippen molar-refractivity contribution in [2.45, 2.75) is 13.5 Å². The number of aryl methyl sites for hydroxylation is 1. The number of nitrogens with zero attached hydrogens (tertiary/aromatic N) is 2. The van der Waals surface area contributed by atoms with Crippen LogP contribution < -0.4 is 10.6 Å². The van der Waals surface area contributed by atoms with Gasteiger partial charge in [0.25, 0.3) is 0 Å². The van der Waals surface area contributed by atoms with Crippen LogP contribution >= 0.6 is 0 Å². The Kier molecular flexibility index (Phi) is 2.81. The average molecular weight is 217 g/mol. The van der Waals surface area contributed by atoms with E-state index in [0.29, 0.717) is 12.2 Å². The van der Waals surface area contributed by atoms with Crippen molar-refractivity contribution in [1.29, 1.82) is 0 Å². The molecule has 0 aliphatic heterocycles. The highest BCUT2D eigenvalue weighted by atomic mass is 16.3. The maximum absolute atomic E-state index is 5.85. The minimum absolute atomic E-state index is 0.662. The predicted octanol–water partition coefficient (Wildman–Crippen LogP) is 2.20. The van der Waals surface area contributed by atoms with Crippen molar-refractivity contribution in [1.82, 2.24) is 4.98 Å². The first kappa shape index (κ1) is 10.5. The van der Waals surface area contributed by atoms with E-state index in [1.54, 1.807) is 6.20 Å². The molecule has 0 atom stereocenters. The molecule has 0 aliphatic carbocycles. The van der Waals surface area contributed by atoms with Gasteiger partial charge in [-0.3, -0.25) is 0 Å². The van der Waals surface area contributed by atoms with Gasteiger partial charge in [0.1, 0.15) is 11.5 Å². The lowest BCUT2D eigenvalue weighted by atomic mass is 10.3. The number of nitrogen functional groups attached to an aromatic ring is 1. The van der Waals surface area contributed by atoms with E-state index < -0.39 is 0 Å². The van der Waals surface area contributed by atoms with Crippen molar-refractivity contribution < 1.29 is 4.42 Å². The molecular weight excluding hydrogens is 202 g/mol. The number of furan rings is 1. The molecule has 2 rings (SSSR count). The lowest BCUT2D eigenvalue weighted by Crippen LogP contribution is -2.18. The van der Waals surface area contributed by atoms with Crippen LogP contribution in [0.5, 0.6) is 0 Å². The minimum Gasteiger partial charge on any atom is -0.464 e. The second kappa shape index (κ2) is 4.26. The maximum Gasteiger partial charge on any atom is 0.151 e. The van der Waals surface area contributed by atoms with Crippen molar-refractivity contribution in [2.24, 2.45) is 0 Å². The molecule has 0 bridgehead atoms. The van der Waals surface area contributed by atoms with Crippen LogP contribution in [0.1, 0.15) is 11.5 Å². The summed E-state index contributed by atoms with van der Waals surface area (Å²) in [6, 6.07) is 7.58. The van der Waals surface area contributed by atoms with Crippen LogP contribution in [0.15, 0.2) is 34.9 Å². The van der Waals surface area contributed by atoms with Crippen molar-refractivity contribution in [3.63, 3.8) is 0 Å². The molecule has 0 aromatic carbocycles. The zero-order valence-electron chi connectivity index (χ0n) is 9.47. The molecule has 0 saturated heterocycles. The van der Waals surface area contributed by atoms with Gasteiger partial charge in [-0.2, -0.15) is 0 Å². The Labute approximate surface area is 94.7 Å². The van der Waals surface area contributed by atoms with Gasteiger partial charge in [0, 0.05) is 13.2 Å². The smallest absolute Gasteiger partial charge is 0.151 e. The molecule has 84 valence electrons. The quantitative estimate of drug-likeness (QED) is 0.856. The summed E-state index contributed by atoms with van der Waals surface area (Å²) >= 11 is 0. The molecular formula is C12H15N3O. The van der Waals surface area contributed by atoms with Crippen molar-refractivity contribution in [3.05, 3.63) is 42.0 Å². The van der Waals surface area contributed by atoms with Crippen LogP contribution in [0, 0.1) is 6.92 Å². The fourth-order valence-electron chi connectivity index (χ4n) is 1.61. The largest absolute Gasteiger partial charge is 0.464 e. The van der Waals surface area contributed by atoms with Gasteiger partial charge >= 0.3 is 0 Å². The Bertz CT molecular complexity index is 479. The number of hydrogen-bond donors (Lipinski definition) is 1. The highest BCUT2D eigenvalue weighted by molar-refractivity contribution is 5.61. The first-order chi connectivity index (χ1) is 7.66. The van der Waals surface area contributed by atoms with Gasteiger partial charge < -0.3 is 15.1 Å². The van der Waals surface area contributed by atoms with Gasteiger partial charge in [0.2, 0.25) is 0 Å². The Morgan fingerprint density at radius 2 is 2.19 bits per heavy atom. The fraction of sp³-hybridized carbons (Fsp3) is 0.250. The van der Waals surface area contributed by atoms with E-state index in [2.05, 4.69) is 4.98 Å². The third-order valence-corrected chi connectivity index (χ3v) is 2.37. The molecule has 0 unspecified atom stereocenters. The van der Waals surface area contributed by atoms with Crippen LogP contribution in [-0.4, -0.2) is 12.0 Å². The molecule has 16 heavy (non-hydrogen) atoms. The van der Waals surface area contributed by atoms with Gasteiger partial charge in [-0.05, 0) is 31.2 Å². The topological polar surface area (TPSA) is 55.3 Å². The SMILES string of the molecule is Cc1ccc(CN(C)c2ncccc2N)o1. The number of anilines is 2. The van der Waals surface area contributed by atoms with Crippen LogP contribution in [-0.2, 0) is 6.54 Å². The molecule has 2 N–H and O–H groups in total. The lowest BCUT2D eigenvalue weighted by molar-refractivity contribution is 0.481. The molecule has 4 heteroatoms. The third kappa shape index (κ3) is 2.16. The zero-order chi connectivity index (χ0) is 11.5. The van der Waals surface area contributed by atoms with Crippen molar-refractivity contribution in [3.8, 4) is 0 Å². The van der Waals surface area contributed by atoms with E-state index in [1.807, 2.05) is 43.1 Å². The average Bonchev–Trinajstić information content (AvgIpc) is 2.64. The standard InChI is InChI=1S/C12H15N3O/c1-9-5-6-10(16-9)8-15(2)12-11(13)4-3-7-14-12/h3-7H,8,13H2,1-2H3. The van der Waals surface area contributed by atoms with Gasteiger partial charge in [0.15, 0.2) is 5.82 Å². The molecule has 4 nitrogen and oxygen atoms in total. The summed E-state index contributed by atoms with van der Waals surface area (Å²) in [4.78, 5) is 6.21. The third-order valence-electron chi connectivity index (χ3n) is 2.37. The van der Waals surface area contributed by atoms with E-state index >= 15 is 0 Å². The molecule has 0 aliphatic rings. The monoisotopic (exact) mass is 217 g/mol. The first-order valence-corrected chi connectivity index (χ1v) is 5.14. The first-order valence-electron chi connectivity index (χ1n) is 5.14. The van der Waals surface area contributed by atoms with Crippen molar-refractivity contribution >= 4 is 11.5 Å². The van der Waals surface area contributed by atoms with Gasteiger partial charge in [-0.15, -0.1) is 0 Å². The summed E-state index contributed by atoms with van der Waals surface area (Å²) in [6.07, 6.45) is 1.73. The summed E-state index contributed by atoms with van der Waals surface area (Å²) in [5, 5.41) is 0. The zero-order valence-corrected chi connectivity index (χ0v) is 9.47. The van der Waals surface area contributed by atoms with Crippen LogP contribution in [0.4, 0.5) is 11.5 Å². The number of rotatable bonds is 3. The van der Waals surface area contributed by atoms with Gasteiger partial charge in [0.05, 0.1) is 12.2 Å². The molecule has 0 fully saturated rings. The van der Waals surface area contributed by atoms with Crippen LogP contribution in [0.2, 0.25) is 0 Å². The highest BCUT2D eigenvalue weighted by Crippen LogP contribution is 2.20. The van der Waals surface area contributed by atoms with Gasteiger partial charge in [-0.25, -0.2) is 4.98 Å². The van der Waals surface area contributed by atoms with E-state index in [1.165, 1.54) is 0 Å². The molecule has 0 saturated carbocycles. The summed E-state index contributed by atoms with van der Waals surface area (Å²) in [7, 11) is 1.94. The number of hydrogen-bond acceptors (Lipinski definition) is 4. The normalized spacial score (nSPS) is 10.4. The number of nitrogens with two attached hydrogens (primary N) is 1. The Morgan fingerprint density at radius 1 is 1.38 bits per heavy atom. The summed E-state index contributed by atoms with van der Waals surface area (Å²) < 4.78 is 5.51. The maximum atomic E-state index is 5.85. The van der Waals surface area contributed by atoms with Crippen molar-refractivity contribution in [2.75, 3.05) is 17.7 Å². The second-order valence-corrected chi connectivity index (χ2v) is 3.78. The summed E-state index contributed by atoms with van der Waals surface area (Å²) in [5.41, 5.74) is 6.52. The predicted molar refractivity (Wildman–Crippen MR) is 64.2 cm³/mol. The molecule has 0 amide bonds. The lowest BCUT2D eigenvalue weighted by Gasteiger charge is -2.18. The Morgan fingerprint density at radius 3 is 2.81 bits per heavy atom. The Balaban J connectivity index is 2.14. The number of pyridine rings is 1. The van der Waals surface area contributed by atoms with E-state index in [-0.39, 0.29) is 0 Å². The number of aromatic nitrogens is 1. The van der Waals surface area contributed by atoms with E-state index in [9.17, 15) is 0 Å². The molecule has 2 heterocycles. The summed E-state index contributed by atoms with van der Waals surface area (Å²) in [5.74, 6) is 2.60.